The molecule has 3 atom stereocenters. The van der Waals surface area contributed by atoms with Crippen molar-refractivity contribution in [1.29, 1.82) is 0 Å². The number of unbranched alkanes of at least 4 members (excludes halogenated alkanes) is 1. The highest BCUT2D eigenvalue weighted by Gasteiger charge is 2.29. The highest BCUT2D eigenvalue weighted by atomic mass is 15.1. The number of rotatable bonds is 10. The quantitative estimate of drug-likeness (QED) is 0.274. The molecule has 0 amide bonds. The average molecular weight is 536 g/mol. The normalized spacial score (nSPS) is 22.7. The smallest absolute Gasteiger partial charge is 0.0634 e. The first-order chi connectivity index (χ1) is 19.3. The third-order valence-electron chi connectivity index (χ3n) is 8.62. The minimum atomic E-state index is 0.252. The summed E-state index contributed by atoms with van der Waals surface area (Å²) < 4.78 is 0. The summed E-state index contributed by atoms with van der Waals surface area (Å²) in [6.07, 6.45) is 27.0. The fraction of sp³-hybridized carbons (Fsp3) is 0.486. The third kappa shape index (κ3) is 7.73. The molecule has 3 aliphatic rings. The molecule has 3 unspecified atom stereocenters. The number of nitrogens with zero attached hydrogens (tertiary/aromatic N) is 3. The van der Waals surface area contributed by atoms with Gasteiger partial charge in [-0.3, -0.25) is 9.98 Å². The number of aliphatic imine (C=N–C) groups is 2. The average Bonchev–Trinajstić information content (AvgIpc) is 3.33. The molecule has 0 spiro atoms. The van der Waals surface area contributed by atoms with Gasteiger partial charge in [-0.25, -0.2) is 0 Å². The van der Waals surface area contributed by atoms with Crippen molar-refractivity contribution in [1.82, 2.24) is 4.90 Å². The summed E-state index contributed by atoms with van der Waals surface area (Å²) in [5.74, 6) is 1.57. The highest BCUT2D eigenvalue weighted by Crippen LogP contribution is 2.41. The second-order valence-corrected chi connectivity index (χ2v) is 12.6. The standard InChI is InChI=1S/C37H49N3/c1-7-9-13-32(11-8-2)37(5,6)26-30-15-21-34-20-14-28(3)25-36(40(34)24-22-30)31-16-18-33(19-17-31)39-35-27-38-23-10-12-29(35)4/h10,15-21,23-25,27-29,32H,7-9,11-14,26H2,1-6H3. The molecule has 1 aromatic rings. The largest absolute Gasteiger partial charge is 0.310 e. The van der Waals surface area contributed by atoms with Gasteiger partial charge in [0.05, 0.1) is 17.6 Å². The molecule has 1 aromatic carbocycles. The van der Waals surface area contributed by atoms with Crippen molar-refractivity contribution in [2.24, 2.45) is 33.2 Å². The maximum absolute atomic E-state index is 4.91. The van der Waals surface area contributed by atoms with Gasteiger partial charge in [0.1, 0.15) is 0 Å². The Balaban J connectivity index is 1.60. The fourth-order valence-corrected chi connectivity index (χ4v) is 6.03. The molecule has 3 heterocycles. The lowest BCUT2D eigenvalue weighted by molar-refractivity contribution is 0.181. The molecule has 0 saturated carbocycles. The van der Waals surface area contributed by atoms with E-state index in [9.17, 15) is 0 Å². The highest BCUT2D eigenvalue weighted by molar-refractivity contribution is 6.32. The lowest BCUT2D eigenvalue weighted by Gasteiger charge is -2.35. The van der Waals surface area contributed by atoms with E-state index in [-0.39, 0.29) is 5.41 Å². The summed E-state index contributed by atoms with van der Waals surface area (Å²) >= 11 is 0. The number of benzene rings is 1. The van der Waals surface area contributed by atoms with Crippen molar-refractivity contribution in [2.75, 3.05) is 0 Å². The van der Waals surface area contributed by atoms with Crippen LogP contribution in [0.3, 0.4) is 0 Å². The van der Waals surface area contributed by atoms with E-state index in [4.69, 9.17) is 4.99 Å². The van der Waals surface area contributed by atoms with Crippen LogP contribution in [0, 0.1) is 23.2 Å². The summed E-state index contributed by atoms with van der Waals surface area (Å²) in [6.45, 7) is 14.1. The predicted octanol–water partition coefficient (Wildman–Crippen LogP) is 10.6. The van der Waals surface area contributed by atoms with E-state index in [1.165, 1.54) is 54.6 Å². The Kier molecular flexibility index (Phi) is 10.4. The molecule has 212 valence electrons. The molecule has 0 radical (unpaired) electrons. The van der Waals surface area contributed by atoms with E-state index in [0.717, 1.165) is 36.6 Å². The zero-order chi connectivity index (χ0) is 28.5. The minimum Gasteiger partial charge on any atom is -0.310 e. The van der Waals surface area contributed by atoms with Gasteiger partial charge in [0.2, 0.25) is 0 Å². The summed E-state index contributed by atoms with van der Waals surface area (Å²) in [5, 5.41) is 0. The van der Waals surface area contributed by atoms with Gasteiger partial charge in [-0.2, -0.15) is 0 Å². The van der Waals surface area contributed by atoms with Gasteiger partial charge in [0, 0.05) is 29.7 Å². The van der Waals surface area contributed by atoms with E-state index >= 15 is 0 Å². The van der Waals surface area contributed by atoms with E-state index in [1.807, 2.05) is 12.4 Å². The van der Waals surface area contributed by atoms with Crippen LogP contribution in [0.5, 0.6) is 0 Å². The molecule has 3 nitrogen and oxygen atoms in total. The maximum Gasteiger partial charge on any atom is 0.0634 e. The SMILES string of the molecule is CCCCC(CCC)C(C)(C)CC1=C=CN2C(=CCC(C)C=C2c2ccc(N=C3C=NC=CCC3C)cc2)C=C1. The van der Waals surface area contributed by atoms with Crippen LogP contribution in [0.15, 0.2) is 94.0 Å². The van der Waals surface area contributed by atoms with Gasteiger partial charge in [0.25, 0.3) is 0 Å². The van der Waals surface area contributed by atoms with Crippen molar-refractivity contribution in [3.8, 4) is 0 Å². The number of hydrogen-bond donors (Lipinski definition) is 0. The predicted molar refractivity (Wildman–Crippen MR) is 174 cm³/mol. The molecule has 3 aliphatic heterocycles. The molecule has 40 heavy (non-hydrogen) atoms. The van der Waals surface area contributed by atoms with Crippen LogP contribution in [-0.2, 0) is 0 Å². The number of hydrogen-bond acceptors (Lipinski definition) is 3. The van der Waals surface area contributed by atoms with E-state index in [1.54, 1.807) is 0 Å². The molecule has 0 saturated heterocycles. The summed E-state index contributed by atoms with van der Waals surface area (Å²) in [6, 6.07) is 8.67. The van der Waals surface area contributed by atoms with Crippen molar-refractivity contribution in [3.05, 3.63) is 89.6 Å². The van der Waals surface area contributed by atoms with Crippen LogP contribution in [-0.4, -0.2) is 16.8 Å². The zero-order valence-electron chi connectivity index (χ0n) is 25.7. The monoisotopic (exact) mass is 535 g/mol. The molecule has 0 aromatic heterocycles. The Labute approximate surface area is 243 Å². The van der Waals surface area contributed by atoms with Crippen LogP contribution >= 0.6 is 0 Å². The van der Waals surface area contributed by atoms with Gasteiger partial charge < -0.3 is 4.90 Å². The van der Waals surface area contributed by atoms with Crippen LogP contribution in [0.1, 0.15) is 98.5 Å². The Morgan fingerprint density at radius 3 is 2.60 bits per heavy atom. The Bertz CT molecular complexity index is 1260. The van der Waals surface area contributed by atoms with Gasteiger partial charge >= 0.3 is 0 Å². The molecule has 0 bridgehead atoms. The second-order valence-electron chi connectivity index (χ2n) is 12.6. The first-order valence-electron chi connectivity index (χ1n) is 15.5. The lowest BCUT2D eigenvalue weighted by atomic mass is 9.70. The van der Waals surface area contributed by atoms with Crippen molar-refractivity contribution < 1.29 is 0 Å². The van der Waals surface area contributed by atoms with Crippen LogP contribution in [0.25, 0.3) is 5.70 Å². The van der Waals surface area contributed by atoms with E-state index in [0.29, 0.717) is 11.8 Å². The van der Waals surface area contributed by atoms with Crippen molar-refractivity contribution >= 4 is 23.3 Å². The molecule has 0 aliphatic carbocycles. The van der Waals surface area contributed by atoms with Crippen molar-refractivity contribution in [2.45, 2.75) is 92.9 Å². The second kappa shape index (κ2) is 14.0. The third-order valence-corrected chi connectivity index (χ3v) is 8.62. The molecular weight excluding hydrogens is 486 g/mol. The van der Waals surface area contributed by atoms with Crippen LogP contribution in [0.4, 0.5) is 5.69 Å². The molecule has 0 fully saturated rings. The lowest BCUT2D eigenvalue weighted by Crippen LogP contribution is -2.24. The van der Waals surface area contributed by atoms with Gasteiger partial charge in [-0.05, 0) is 78.4 Å². The molecular formula is C37H49N3. The first-order valence-corrected chi connectivity index (χ1v) is 15.5. The van der Waals surface area contributed by atoms with Crippen LogP contribution in [0.2, 0.25) is 0 Å². The van der Waals surface area contributed by atoms with Crippen molar-refractivity contribution in [3.63, 3.8) is 0 Å². The molecule has 3 heteroatoms. The van der Waals surface area contributed by atoms with E-state index < -0.39 is 0 Å². The fourth-order valence-electron chi connectivity index (χ4n) is 6.03. The van der Waals surface area contributed by atoms with Crippen LogP contribution < -0.4 is 0 Å². The summed E-state index contributed by atoms with van der Waals surface area (Å²) in [5.41, 5.74) is 10.9. The van der Waals surface area contributed by atoms with Gasteiger partial charge in [0.15, 0.2) is 0 Å². The van der Waals surface area contributed by atoms with Gasteiger partial charge in [-0.1, -0.05) is 103 Å². The number of fused-ring (bicyclic) bond motifs is 1. The molecule has 4 rings (SSSR count). The maximum atomic E-state index is 4.91. The Morgan fingerprint density at radius 2 is 1.85 bits per heavy atom. The Hall–Kier alpha value is -3.16. The summed E-state index contributed by atoms with van der Waals surface area (Å²) in [7, 11) is 0. The summed E-state index contributed by atoms with van der Waals surface area (Å²) in [4.78, 5) is 11.6. The molecule has 0 N–H and O–H groups in total. The first kappa shape index (κ1) is 29.8. The van der Waals surface area contributed by atoms with E-state index in [2.05, 4.69) is 118 Å². The Morgan fingerprint density at radius 1 is 1.05 bits per heavy atom. The van der Waals surface area contributed by atoms with Gasteiger partial charge in [-0.15, -0.1) is 0 Å². The number of allylic oxidation sites excluding steroid dienone is 6. The minimum absolute atomic E-state index is 0.252. The zero-order valence-corrected chi connectivity index (χ0v) is 25.7. The topological polar surface area (TPSA) is 28.0 Å².